The molecule has 0 aliphatic heterocycles. The maximum atomic E-state index is 11.8. The molecule has 108 valence electrons. The summed E-state index contributed by atoms with van der Waals surface area (Å²) in [6, 6.07) is 0. The van der Waals surface area contributed by atoms with E-state index in [2.05, 4.69) is 11.7 Å². The molecule has 0 spiro atoms. The minimum absolute atomic E-state index is 0.287. The lowest BCUT2D eigenvalue weighted by molar-refractivity contribution is -0.330. The molecule has 0 heterocycles. The van der Waals surface area contributed by atoms with E-state index in [1.165, 1.54) is 6.92 Å². The summed E-state index contributed by atoms with van der Waals surface area (Å²) >= 11 is 0. The molecule has 2 atom stereocenters. The van der Waals surface area contributed by atoms with Gasteiger partial charge in [0.05, 0.1) is 12.5 Å². The van der Waals surface area contributed by atoms with Crippen LogP contribution in [-0.2, 0) is 14.3 Å². The van der Waals surface area contributed by atoms with Crippen LogP contribution < -0.4 is 0 Å². The largest absolute Gasteiger partial charge is 0.522 e. The van der Waals surface area contributed by atoms with Crippen molar-refractivity contribution in [3.63, 3.8) is 0 Å². The van der Waals surface area contributed by atoms with Gasteiger partial charge >= 0.3 is 12.3 Å². The third-order valence-electron chi connectivity index (χ3n) is 2.44. The van der Waals surface area contributed by atoms with Gasteiger partial charge in [-0.3, -0.25) is 9.53 Å². The van der Waals surface area contributed by atoms with Gasteiger partial charge in [0.2, 0.25) is 0 Å². The molecule has 0 rings (SSSR count). The number of halogens is 3. The smallest absolute Gasteiger partial charge is 0.460 e. The molecule has 2 unspecified atom stereocenters. The predicted molar refractivity (Wildman–Crippen MR) is 60.9 cm³/mol. The summed E-state index contributed by atoms with van der Waals surface area (Å²) in [4.78, 5) is 11.5. The first-order chi connectivity index (χ1) is 8.26. The molecule has 0 amide bonds. The van der Waals surface area contributed by atoms with Gasteiger partial charge in [0.1, 0.15) is 6.10 Å². The highest BCUT2D eigenvalue weighted by Crippen LogP contribution is 2.17. The van der Waals surface area contributed by atoms with Crippen LogP contribution in [0, 0.1) is 5.92 Å². The number of hydrogen-bond acceptors (Lipinski definition) is 3. The lowest BCUT2D eigenvalue weighted by Gasteiger charge is -2.17. The molecule has 0 saturated heterocycles. The Bertz CT molecular complexity index is 241. The molecule has 0 radical (unpaired) electrons. The van der Waals surface area contributed by atoms with Crippen molar-refractivity contribution in [2.24, 2.45) is 5.92 Å². The zero-order chi connectivity index (χ0) is 14.2. The molecule has 0 aliphatic carbocycles. The van der Waals surface area contributed by atoms with Crippen LogP contribution in [0.2, 0.25) is 0 Å². The van der Waals surface area contributed by atoms with Crippen molar-refractivity contribution in [1.82, 2.24) is 0 Å². The lowest BCUT2D eigenvalue weighted by atomic mass is 10.0. The number of carbonyl (C=O) groups excluding carboxylic acids is 1. The Balaban J connectivity index is 3.84. The van der Waals surface area contributed by atoms with Crippen molar-refractivity contribution >= 4 is 5.97 Å². The highest BCUT2D eigenvalue weighted by atomic mass is 19.4. The van der Waals surface area contributed by atoms with E-state index in [0.29, 0.717) is 6.42 Å². The van der Waals surface area contributed by atoms with Gasteiger partial charge < -0.3 is 4.74 Å². The zero-order valence-electron chi connectivity index (χ0n) is 11.0. The average molecular weight is 270 g/mol. The Hall–Kier alpha value is -0.780. The summed E-state index contributed by atoms with van der Waals surface area (Å²) in [5.41, 5.74) is 0. The van der Waals surface area contributed by atoms with Crippen molar-refractivity contribution in [1.29, 1.82) is 0 Å². The Labute approximate surface area is 106 Å². The maximum Gasteiger partial charge on any atom is 0.522 e. The second kappa shape index (κ2) is 8.34. The molecule has 0 aliphatic rings. The second-order valence-corrected chi connectivity index (χ2v) is 4.40. The first-order valence-electron chi connectivity index (χ1n) is 6.17. The van der Waals surface area contributed by atoms with Crippen LogP contribution in [0.1, 0.15) is 46.5 Å². The van der Waals surface area contributed by atoms with Crippen LogP contribution in [0.5, 0.6) is 0 Å². The predicted octanol–water partition coefficient (Wildman–Crippen LogP) is 3.67. The molecule has 0 saturated carbocycles. The molecular formula is C12H21F3O3. The van der Waals surface area contributed by atoms with Crippen LogP contribution in [-0.4, -0.2) is 25.0 Å². The molecule has 0 bridgehead atoms. The van der Waals surface area contributed by atoms with Gasteiger partial charge in [0, 0.05) is 0 Å². The van der Waals surface area contributed by atoms with Gasteiger partial charge in [0.15, 0.2) is 0 Å². The van der Waals surface area contributed by atoms with Crippen molar-refractivity contribution in [2.75, 3.05) is 6.61 Å². The highest BCUT2D eigenvalue weighted by molar-refractivity contribution is 5.72. The molecule has 6 heteroatoms. The quantitative estimate of drug-likeness (QED) is 0.498. The van der Waals surface area contributed by atoms with Crippen LogP contribution in [0.25, 0.3) is 0 Å². The summed E-state index contributed by atoms with van der Waals surface area (Å²) in [6.07, 6.45) is -1.89. The minimum atomic E-state index is -4.69. The summed E-state index contributed by atoms with van der Waals surface area (Å²) < 4.78 is 43.7. The Morgan fingerprint density at radius 2 is 1.83 bits per heavy atom. The molecule has 0 aromatic carbocycles. The van der Waals surface area contributed by atoms with Crippen LogP contribution in [0.3, 0.4) is 0 Å². The second-order valence-electron chi connectivity index (χ2n) is 4.40. The number of carbonyl (C=O) groups is 1. The average Bonchev–Trinajstić information content (AvgIpc) is 2.25. The van der Waals surface area contributed by atoms with Crippen molar-refractivity contribution in [3.05, 3.63) is 0 Å². The molecule has 3 nitrogen and oxygen atoms in total. The number of hydrogen-bond donors (Lipinski definition) is 0. The molecule has 0 aromatic heterocycles. The van der Waals surface area contributed by atoms with Crippen molar-refractivity contribution < 1.29 is 27.4 Å². The fourth-order valence-corrected chi connectivity index (χ4v) is 1.38. The van der Waals surface area contributed by atoms with E-state index < -0.39 is 25.0 Å². The number of rotatable bonds is 8. The number of esters is 1. The topological polar surface area (TPSA) is 35.5 Å². The first kappa shape index (κ1) is 17.2. The minimum Gasteiger partial charge on any atom is -0.460 e. The van der Waals surface area contributed by atoms with E-state index in [0.717, 1.165) is 19.3 Å². The Morgan fingerprint density at radius 1 is 1.22 bits per heavy atom. The Kier molecular flexibility index (Phi) is 7.98. The Morgan fingerprint density at radius 3 is 2.33 bits per heavy atom. The SMILES string of the molecule is CCCCCC(C)C(=O)OC(C)COC(F)(F)F. The fraction of sp³-hybridized carbons (Fsp3) is 0.917. The van der Waals surface area contributed by atoms with Gasteiger partial charge in [-0.05, 0) is 13.3 Å². The summed E-state index contributed by atoms with van der Waals surface area (Å²) in [7, 11) is 0. The number of alkyl halides is 3. The third kappa shape index (κ3) is 9.27. The van der Waals surface area contributed by atoms with Crippen LogP contribution >= 0.6 is 0 Å². The molecular weight excluding hydrogens is 249 g/mol. The first-order valence-corrected chi connectivity index (χ1v) is 6.17. The van der Waals surface area contributed by atoms with E-state index in [1.807, 2.05) is 0 Å². The standard InChI is InChI=1S/C12H21F3O3/c1-4-5-6-7-9(2)11(16)18-10(3)8-17-12(13,14)15/h9-10H,4-8H2,1-3H3. The van der Waals surface area contributed by atoms with E-state index in [9.17, 15) is 18.0 Å². The van der Waals surface area contributed by atoms with Crippen LogP contribution in [0.4, 0.5) is 13.2 Å². The van der Waals surface area contributed by atoms with Gasteiger partial charge in [-0.15, -0.1) is 13.2 Å². The normalized spacial score (nSPS) is 15.2. The molecule has 0 N–H and O–H groups in total. The van der Waals surface area contributed by atoms with E-state index in [4.69, 9.17) is 4.74 Å². The molecule has 0 fully saturated rings. The highest BCUT2D eigenvalue weighted by Gasteiger charge is 2.30. The lowest BCUT2D eigenvalue weighted by Crippen LogP contribution is -2.27. The van der Waals surface area contributed by atoms with Gasteiger partial charge in [-0.1, -0.05) is 33.1 Å². The molecule has 0 aromatic rings. The maximum absolute atomic E-state index is 11.8. The monoisotopic (exact) mass is 270 g/mol. The number of ether oxygens (including phenoxy) is 2. The number of unbranched alkanes of at least 4 members (excludes halogenated alkanes) is 2. The fourth-order valence-electron chi connectivity index (χ4n) is 1.38. The summed E-state index contributed by atoms with van der Waals surface area (Å²) in [5.74, 6) is -0.755. The van der Waals surface area contributed by atoms with Crippen molar-refractivity contribution in [2.45, 2.75) is 58.9 Å². The van der Waals surface area contributed by atoms with E-state index >= 15 is 0 Å². The summed E-state index contributed by atoms with van der Waals surface area (Å²) in [6.45, 7) is 4.48. The van der Waals surface area contributed by atoms with Crippen molar-refractivity contribution in [3.8, 4) is 0 Å². The van der Waals surface area contributed by atoms with Crippen LogP contribution in [0.15, 0.2) is 0 Å². The van der Waals surface area contributed by atoms with Gasteiger partial charge in [0.25, 0.3) is 0 Å². The van der Waals surface area contributed by atoms with E-state index in [-0.39, 0.29) is 5.92 Å². The summed E-state index contributed by atoms with van der Waals surface area (Å²) in [5, 5.41) is 0. The van der Waals surface area contributed by atoms with Gasteiger partial charge in [-0.25, -0.2) is 0 Å². The zero-order valence-corrected chi connectivity index (χ0v) is 11.0. The third-order valence-corrected chi connectivity index (χ3v) is 2.44. The molecule has 18 heavy (non-hydrogen) atoms. The van der Waals surface area contributed by atoms with E-state index in [1.54, 1.807) is 6.92 Å². The van der Waals surface area contributed by atoms with Gasteiger partial charge in [-0.2, -0.15) is 0 Å².